The van der Waals surface area contributed by atoms with Crippen LogP contribution in [0.5, 0.6) is 0 Å². The second-order valence-corrected chi connectivity index (χ2v) is 7.18. The molecule has 5 nitrogen and oxygen atoms in total. The van der Waals surface area contributed by atoms with Crippen LogP contribution in [-0.4, -0.2) is 27.5 Å². The third-order valence-electron chi connectivity index (χ3n) is 4.37. The number of hydrogen-bond acceptors (Lipinski definition) is 4. The highest BCUT2D eigenvalue weighted by Gasteiger charge is 2.34. The van der Waals surface area contributed by atoms with Gasteiger partial charge in [0.2, 0.25) is 17.6 Å². The molecule has 0 radical (unpaired) electrons. The van der Waals surface area contributed by atoms with Gasteiger partial charge in [-0.25, -0.2) is 4.39 Å². The van der Waals surface area contributed by atoms with Crippen molar-refractivity contribution in [2.45, 2.75) is 18.9 Å². The Hall–Kier alpha value is -2.54. The summed E-state index contributed by atoms with van der Waals surface area (Å²) in [5, 5.41) is 4.04. The van der Waals surface area contributed by atoms with Crippen LogP contribution < -0.4 is 0 Å². The molecule has 2 aromatic carbocycles. The lowest BCUT2D eigenvalue weighted by Gasteiger charge is -2.15. The van der Waals surface area contributed by atoms with Crippen molar-refractivity contribution in [1.29, 1.82) is 0 Å². The first kappa shape index (κ1) is 16.9. The van der Waals surface area contributed by atoms with Gasteiger partial charge in [0.25, 0.3) is 0 Å². The van der Waals surface area contributed by atoms with E-state index in [4.69, 9.17) is 4.52 Å². The van der Waals surface area contributed by atoms with Crippen molar-refractivity contribution in [2.75, 3.05) is 6.54 Å². The molecule has 1 atom stereocenters. The maximum Gasteiger partial charge on any atom is 0.232 e. The minimum absolute atomic E-state index is 0.0292. The van der Waals surface area contributed by atoms with Crippen LogP contribution in [0.4, 0.5) is 4.39 Å². The monoisotopic (exact) mass is 415 g/mol. The molecular weight excluding hydrogens is 401 g/mol. The number of amides is 1. The summed E-state index contributed by atoms with van der Waals surface area (Å²) in [7, 11) is 0. The Kier molecular flexibility index (Phi) is 4.55. The van der Waals surface area contributed by atoms with Gasteiger partial charge in [-0.1, -0.05) is 45.4 Å². The summed E-state index contributed by atoms with van der Waals surface area (Å²) in [6, 6.07) is 13.8. The van der Waals surface area contributed by atoms with Crippen LogP contribution >= 0.6 is 15.9 Å². The van der Waals surface area contributed by atoms with Crippen LogP contribution in [-0.2, 0) is 11.3 Å². The van der Waals surface area contributed by atoms with Crippen molar-refractivity contribution in [1.82, 2.24) is 15.0 Å². The van der Waals surface area contributed by atoms with Crippen LogP contribution in [0.3, 0.4) is 0 Å². The smallest absolute Gasteiger partial charge is 0.232 e. The fourth-order valence-electron chi connectivity index (χ4n) is 3.05. The first-order valence-corrected chi connectivity index (χ1v) is 8.99. The Morgan fingerprint density at radius 1 is 1.23 bits per heavy atom. The van der Waals surface area contributed by atoms with Gasteiger partial charge in [0, 0.05) is 29.5 Å². The predicted octanol–water partition coefficient (Wildman–Crippen LogP) is 4.15. The number of carbonyl (C=O) groups excluding carboxylic acids is 1. The summed E-state index contributed by atoms with van der Waals surface area (Å²) < 4.78 is 19.4. The quantitative estimate of drug-likeness (QED) is 0.641. The summed E-state index contributed by atoms with van der Waals surface area (Å²) in [6.45, 7) is 0.957. The standard InChI is InChI=1S/C19H15BrFN3O2/c20-15-3-1-2-13(8-15)18-22-19(26-23-18)14-9-17(25)24(11-14)10-12-4-6-16(21)7-5-12/h1-8,14H,9-11H2. The lowest BCUT2D eigenvalue weighted by atomic mass is 10.1. The molecule has 0 N–H and O–H groups in total. The summed E-state index contributed by atoms with van der Waals surface area (Å²) in [5.74, 6) is 0.587. The zero-order valence-corrected chi connectivity index (χ0v) is 15.3. The number of carbonyl (C=O) groups is 1. The van der Waals surface area contributed by atoms with Crippen LogP contribution in [0.1, 0.15) is 23.8 Å². The highest BCUT2D eigenvalue weighted by molar-refractivity contribution is 9.10. The summed E-state index contributed by atoms with van der Waals surface area (Å²) in [6.07, 6.45) is 0.335. The van der Waals surface area contributed by atoms with E-state index in [2.05, 4.69) is 26.1 Å². The molecule has 132 valence electrons. The molecule has 1 fully saturated rings. The zero-order chi connectivity index (χ0) is 18.1. The van der Waals surface area contributed by atoms with Crippen molar-refractivity contribution in [2.24, 2.45) is 0 Å². The maximum atomic E-state index is 13.0. The molecule has 1 amide bonds. The van der Waals surface area contributed by atoms with Crippen molar-refractivity contribution < 1.29 is 13.7 Å². The van der Waals surface area contributed by atoms with Crippen molar-refractivity contribution in [3.8, 4) is 11.4 Å². The molecule has 0 aliphatic carbocycles. The molecule has 26 heavy (non-hydrogen) atoms. The summed E-state index contributed by atoms with van der Waals surface area (Å²) in [4.78, 5) is 18.5. The van der Waals surface area contributed by atoms with Gasteiger partial charge in [0.1, 0.15) is 5.82 Å². The lowest BCUT2D eigenvalue weighted by Crippen LogP contribution is -2.24. The Bertz CT molecular complexity index is 942. The Labute approximate surface area is 158 Å². The molecule has 0 spiro atoms. The van der Waals surface area contributed by atoms with E-state index in [9.17, 15) is 9.18 Å². The average molecular weight is 416 g/mol. The van der Waals surface area contributed by atoms with Gasteiger partial charge in [-0.2, -0.15) is 4.98 Å². The van der Waals surface area contributed by atoms with E-state index in [1.54, 1.807) is 17.0 Å². The van der Waals surface area contributed by atoms with Gasteiger partial charge in [-0.15, -0.1) is 0 Å². The van der Waals surface area contributed by atoms with E-state index in [0.29, 0.717) is 31.2 Å². The third-order valence-corrected chi connectivity index (χ3v) is 4.87. The molecule has 0 bridgehead atoms. The molecular formula is C19H15BrFN3O2. The number of rotatable bonds is 4. The number of nitrogens with zero attached hydrogens (tertiary/aromatic N) is 3. The first-order valence-electron chi connectivity index (χ1n) is 8.20. The number of benzene rings is 2. The number of hydrogen-bond donors (Lipinski definition) is 0. The molecule has 1 aromatic heterocycles. The average Bonchev–Trinajstić information content (AvgIpc) is 3.24. The van der Waals surface area contributed by atoms with Gasteiger partial charge in [0.15, 0.2) is 0 Å². The third kappa shape index (κ3) is 3.53. The van der Waals surface area contributed by atoms with E-state index in [-0.39, 0.29) is 17.6 Å². The fourth-order valence-corrected chi connectivity index (χ4v) is 3.45. The predicted molar refractivity (Wildman–Crippen MR) is 96.6 cm³/mol. The summed E-state index contributed by atoms with van der Waals surface area (Å²) >= 11 is 3.42. The maximum absolute atomic E-state index is 13.0. The molecule has 1 unspecified atom stereocenters. The second kappa shape index (κ2) is 6.99. The van der Waals surface area contributed by atoms with Gasteiger partial charge in [0.05, 0.1) is 5.92 Å². The van der Waals surface area contributed by atoms with Crippen LogP contribution in [0.25, 0.3) is 11.4 Å². The van der Waals surface area contributed by atoms with Crippen LogP contribution in [0, 0.1) is 5.82 Å². The fraction of sp³-hybridized carbons (Fsp3) is 0.211. The second-order valence-electron chi connectivity index (χ2n) is 6.27. The van der Waals surface area contributed by atoms with Gasteiger partial charge in [-0.05, 0) is 29.8 Å². The minimum atomic E-state index is -0.287. The number of likely N-dealkylation sites (tertiary alicyclic amines) is 1. The van der Waals surface area contributed by atoms with Crippen molar-refractivity contribution in [3.63, 3.8) is 0 Å². The van der Waals surface area contributed by atoms with Crippen molar-refractivity contribution in [3.05, 3.63) is 70.3 Å². The minimum Gasteiger partial charge on any atom is -0.339 e. The van der Waals surface area contributed by atoms with E-state index in [0.717, 1.165) is 15.6 Å². The molecule has 1 aliphatic heterocycles. The topological polar surface area (TPSA) is 59.2 Å². The van der Waals surface area contributed by atoms with Crippen LogP contribution in [0.15, 0.2) is 57.5 Å². The van der Waals surface area contributed by atoms with E-state index in [1.807, 2.05) is 24.3 Å². The van der Waals surface area contributed by atoms with E-state index in [1.165, 1.54) is 12.1 Å². The molecule has 1 aliphatic rings. The molecule has 1 saturated heterocycles. The molecule has 0 saturated carbocycles. The Balaban J connectivity index is 1.48. The largest absolute Gasteiger partial charge is 0.339 e. The first-order chi connectivity index (χ1) is 12.6. The molecule has 4 rings (SSSR count). The zero-order valence-electron chi connectivity index (χ0n) is 13.7. The molecule has 3 aromatic rings. The van der Waals surface area contributed by atoms with E-state index >= 15 is 0 Å². The summed E-state index contributed by atoms with van der Waals surface area (Å²) in [5.41, 5.74) is 1.74. The highest BCUT2D eigenvalue weighted by atomic mass is 79.9. The Morgan fingerprint density at radius 3 is 2.81 bits per heavy atom. The van der Waals surface area contributed by atoms with Gasteiger partial charge >= 0.3 is 0 Å². The SMILES string of the molecule is O=C1CC(c2nc(-c3cccc(Br)c3)no2)CN1Cc1ccc(F)cc1. The normalized spacial score (nSPS) is 17.1. The van der Waals surface area contributed by atoms with Crippen LogP contribution in [0.2, 0.25) is 0 Å². The Morgan fingerprint density at radius 2 is 2.04 bits per heavy atom. The van der Waals surface area contributed by atoms with Crippen molar-refractivity contribution >= 4 is 21.8 Å². The molecule has 7 heteroatoms. The lowest BCUT2D eigenvalue weighted by molar-refractivity contribution is -0.128. The van der Waals surface area contributed by atoms with Gasteiger partial charge in [-0.3, -0.25) is 4.79 Å². The number of aromatic nitrogens is 2. The highest BCUT2D eigenvalue weighted by Crippen LogP contribution is 2.30. The van der Waals surface area contributed by atoms with Gasteiger partial charge < -0.3 is 9.42 Å². The van der Waals surface area contributed by atoms with E-state index < -0.39 is 0 Å². The molecule has 2 heterocycles. The number of halogens is 2.